The van der Waals surface area contributed by atoms with Crippen LogP contribution in [0.25, 0.3) is 11.4 Å². The van der Waals surface area contributed by atoms with Crippen LogP contribution >= 0.6 is 0 Å². The van der Waals surface area contributed by atoms with Gasteiger partial charge in [0.05, 0.1) is 4.92 Å². The molecule has 4 unspecified atom stereocenters. The first-order valence-electron chi connectivity index (χ1n) is 9.58. The van der Waals surface area contributed by atoms with E-state index in [2.05, 4.69) is 26.1 Å². The SMILES string of the molecule is Cc1cc(NC2CCC3NNC(C(N)=O)C3C2)nc(-c2ccc([N+](=O)[O-])cc2)n1. The van der Waals surface area contributed by atoms with E-state index in [9.17, 15) is 14.9 Å². The molecule has 29 heavy (non-hydrogen) atoms. The van der Waals surface area contributed by atoms with Crippen LogP contribution in [-0.4, -0.2) is 38.9 Å². The Labute approximate surface area is 167 Å². The van der Waals surface area contributed by atoms with Crippen LogP contribution in [0.2, 0.25) is 0 Å². The summed E-state index contributed by atoms with van der Waals surface area (Å²) in [5, 5.41) is 14.3. The second-order valence-corrected chi connectivity index (χ2v) is 7.62. The Kier molecular flexibility index (Phi) is 5.12. The van der Waals surface area contributed by atoms with Gasteiger partial charge in [-0.05, 0) is 38.3 Å². The van der Waals surface area contributed by atoms with Crippen molar-refractivity contribution in [2.75, 3.05) is 5.32 Å². The van der Waals surface area contributed by atoms with Gasteiger partial charge in [0.2, 0.25) is 5.91 Å². The number of nitro benzene ring substituents is 1. The second-order valence-electron chi connectivity index (χ2n) is 7.62. The Bertz CT molecular complexity index is 934. The number of hydrogen-bond acceptors (Lipinski definition) is 8. The number of carbonyl (C=O) groups excluding carboxylic acids is 1. The highest BCUT2D eigenvalue weighted by molar-refractivity contribution is 5.80. The van der Waals surface area contributed by atoms with Gasteiger partial charge in [-0.15, -0.1) is 0 Å². The Morgan fingerprint density at radius 2 is 2.00 bits per heavy atom. The number of hydrazine groups is 1. The maximum atomic E-state index is 11.7. The molecule has 2 aliphatic rings. The average Bonchev–Trinajstić information content (AvgIpc) is 3.11. The summed E-state index contributed by atoms with van der Waals surface area (Å²) in [5.74, 6) is 0.999. The molecule has 1 amide bonds. The molecule has 0 bridgehead atoms. The maximum Gasteiger partial charge on any atom is 0.269 e. The summed E-state index contributed by atoms with van der Waals surface area (Å²) in [6.07, 6.45) is 2.67. The first-order chi connectivity index (χ1) is 13.9. The molecule has 10 heteroatoms. The molecule has 0 radical (unpaired) electrons. The van der Waals surface area contributed by atoms with Crippen molar-refractivity contribution in [3.63, 3.8) is 0 Å². The number of rotatable bonds is 5. The van der Waals surface area contributed by atoms with Crippen molar-refractivity contribution in [2.24, 2.45) is 11.7 Å². The van der Waals surface area contributed by atoms with Gasteiger partial charge < -0.3 is 11.1 Å². The molecule has 1 aliphatic carbocycles. The fourth-order valence-corrected chi connectivity index (χ4v) is 4.18. The van der Waals surface area contributed by atoms with E-state index in [0.717, 1.165) is 25.0 Å². The van der Waals surface area contributed by atoms with E-state index >= 15 is 0 Å². The summed E-state index contributed by atoms with van der Waals surface area (Å²) in [5.41, 5.74) is 13.2. The summed E-state index contributed by atoms with van der Waals surface area (Å²) >= 11 is 0. The van der Waals surface area contributed by atoms with Crippen LogP contribution in [0.3, 0.4) is 0 Å². The zero-order chi connectivity index (χ0) is 20.5. The molecule has 4 atom stereocenters. The van der Waals surface area contributed by atoms with Crippen LogP contribution in [0.4, 0.5) is 11.5 Å². The normalized spacial score (nSPS) is 26.0. The molecule has 5 N–H and O–H groups in total. The number of nitrogens with one attached hydrogen (secondary N) is 3. The first kappa shape index (κ1) is 19.2. The number of non-ortho nitro benzene ring substituents is 1. The van der Waals surface area contributed by atoms with Crippen LogP contribution in [0, 0.1) is 23.0 Å². The predicted molar refractivity (Wildman–Crippen MR) is 107 cm³/mol. The zero-order valence-electron chi connectivity index (χ0n) is 16.0. The third-order valence-corrected chi connectivity index (χ3v) is 5.60. The molecule has 1 aromatic heterocycles. The largest absolute Gasteiger partial charge is 0.368 e. The van der Waals surface area contributed by atoms with E-state index in [-0.39, 0.29) is 35.6 Å². The summed E-state index contributed by atoms with van der Waals surface area (Å²) in [7, 11) is 0. The van der Waals surface area contributed by atoms with Crippen LogP contribution in [-0.2, 0) is 4.79 Å². The van der Waals surface area contributed by atoms with Crippen molar-refractivity contribution in [3.8, 4) is 11.4 Å². The van der Waals surface area contributed by atoms with E-state index in [0.29, 0.717) is 17.2 Å². The Morgan fingerprint density at radius 3 is 2.69 bits per heavy atom. The van der Waals surface area contributed by atoms with Gasteiger partial charge in [-0.25, -0.2) is 15.4 Å². The summed E-state index contributed by atoms with van der Waals surface area (Å²) in [6.45, 7) is 1.88. The summed E-state index contributed by atoms with van der Waals surface area (Å²) < 4.78 is 0. The molecule has 1 saturated heterocycles. The molecule has 10 nitrogen and oxygen atoms in total. The molecule has 2 fully saturated rings. The van der Waals surface area contributed by atoms with Crippen molar-refractivity contribution in [1.29, 1.82) is 0 Å². The van der Waals surface area contributed by atoms with E-state index in [1.165, 1.54) is 12.1 Å². The van der Waals surface area contributed by atoms with Gasteiger partial charge in [0.15, 0.2) is 5.82 Å². The minimum absolute atomic E-state index is 0.0271. The molecule has 152 valence electrons. The van der Waals surface area contributed by atoms with Crippen molar-refractivity contribution in [2.45, 2.75) is 44.3 Å². The van der Waals surface area contributed by atoms with Gasteiger partial charge in [-0.3, -0.25) is 20.3 Å². The number of nitro groups is 1. The lowest BCUT2D eigenvalue weighted by molar-refractivity contribution is -0.384. The fraction of sp³-hybridized carbons (Fsp3) is 0.421. The molecule has 1 aromatic carbocycles. The number of benzene rings is 1. The molecular formula is C19H23N7O3. The monoisotopic (exact) mass is 397 g/mol. The lowest BCUT2D eigenvalue weighted by Gasteiger charge is -2.33. The highest BCUT2D eigenvalue weighted by Crippen LogP contribution is 2.32. The maximum absolute atomic E-state index is 11.7. The second kappa shape index (κ2) is 7.72. The van der Waals surface area contributed by atoms with Gasteiger partial charge in [0, 0.05) is 47.5 Å². The van der Waals surface area contributed by atoms with Gasteiger partial charge in [0.25, 0.3) is 5.69 Å². The van der Waals surface area contributed by atoms with Crippen molar-refractivity contribution in [1.82, 2.24) is 20.8 Å². The van der Waals surface area contributed by atoms with E-state index in [1.54, 1.807) is 12.1 Å². The highest BCUT2D eigenvalue weighted by Gasteiger charge is 2.42. The van der Waals surface area contributed by atoms with Gasteiger partial charge in [-0.1, -0.05) is 0 Å². The number of carbonyl (C=O) groups is 1. The number of aryl methyl sites for hydroxylation is 1. The topological polar surface area (TPSA) is 148 Å². The number of hydrogen-bond donors (Lipinski definition) is 4. The third-order valence-electron chi connectivity index (χ3n) is 5.60. The van der Waals surface area contributed by atoms with Gasteiger partial charge >= 0.3 is 0 Å². The molecule has 4 rings (SSSR count). The molecule has 2 heterocycles. The van der Waals surface area contributed by atoms with Crippen molar-refractivity contribution < 1.29 is 9.72 Å². The smallest absolute Gasteiger partial charge is 0.269 e. The number of aromatic nitrogens is 2. The molecule has 0 spiro atoms. The first-order valence-corrected chi connectivity index (χ1v) is 9.58. The number of amides is 1. The Morgan fingerprint density at radius 1 is 1.24 bits per heavy atom. The molecular weight excluding hydrogens is 374 g/mol. The quantitative estimate of drug-likeness (QED) is 0.435. The standard InChI is InChI=1S/C19H23N7O3/c1-10-8-16(23-19(21-10)11-2-5-13(6-3-11)26(28)29)22-12-4-7-15-14(9-12)17(18(20)27)25-24-15/h2-3,5-6,8,12,14-15,17,24-25H,4,7,9H2,1H3,(H2,20,27)(H,21,22,23). The molecule has 1 saturated carbocycles. The van der Waals surface area contributed by atoms with E-state index in [4.69, 9.17) is 5.73 Å². The number of anilines is 1. The number of primary amides is 1. The zero-order valence-corrected chi connectivity index (χ0v) is 16.0. The van der Waals surface area contributed by atoms with Crippen LogP contribution in [0.1, 0.15) is 25.0 Å². The van der Waals surface area contributed by atoms with E-state index < -0.39 is 4.92 Å². The summed E-state index contributed by atoms with van der Waals surface area (Å²) in [6, 6.07) is 8.10. The van der Waals surface area contributed by atoms with Crippen LogP contribution in [0.15, 0.2) is 30.3 Å². The Hall–Kier alpha value is -3.11. The van der Waals surface area contributed by atoms with Crippen LogP contribution in [0.5, 0.6) is 0 Å². The third kappa shape index (κ3) is 4.03. The van der Waals surface area contributed by atoms with Gasteiger partial charge in [0.1, 0.15) is 11.9 Å². The molecule has 1 aliphatic heterocycles. The Balaban J connectivity index is 1.51. The average molecular weight is 397 g/mol. The minimum atomic E-state index is -0.434. The predicted octanol–water partition coefficient (Wildman–Crippen LogP) is 1.27. The fourth-order valence-electron chi connectivity index (χ4n) is 4.18. The van der Waals surface area contributed by atoms with Crippen LogP contribution < -0.4 is 21.9 Å². The van der Waals surface area contributed by atoms with Gasteiger partial charge in [-0.2, -0.15) is 0 Å². The van der Waals surface area contributed by atoms with Crippen molar-refractivity contribution >= 4 is 17.4 Å². The lowest BCUT2D eigenvalue weighted by Crippen LogP contribution is -2.44. The lowest BCUT2D eigenvalue weighted by atomic mass is 9.79. The number of fused-ring (bicyclic) bond motifs is 1. The molecule has 2 aromatic rings. The van der Waals surface area contributed by atoms with Crippen molar-refractivity contribution in [3.05, 3.63) is 46.1 Å². The number of nitrogens with zero attached hydrogens (tertiary/aromatic N) is 3. The number of nitrogens with two attached hydrogens (primary N) is 1. The summed E-state index contributed by atoms with van der Waals surface area (Å²) in [4.78, 5) is 31.1. The minimum Gasteiger partial charge on any atom is -0.368 e. The highest BCUT2D eigenvalue weighted by atomic mass is 16.6. The van der Waals surface area contributed by atoms with E-state index in [1.807, 2.05) is 13.0 Å².